The first-order valence-corrected chi connectivity index (χ1v) is 9.93. The summed E-state index contributed by atoms with van der Waals surface area (Å²) in [5.74, 6) is -0.884. The lowest BCUT2D eigenvalue weighted by atomic mass is 10.1. The Kier molecular flexibility index (Phi) is 6.81. The van der Waals surface area contributed by atoms with Crippen LogP contribution in [0.4, 0.5) is 0 Å². The van der Waals surface area contributed by atoms with E-state index < -0.39 is 5.97 Å². The van der Waals surface area contributed by atoms with Gasteiger partial charge in [0, 0.05) is 22.6 Å². The summed E-state index contributed by atoms with van der Waals surface area (Å²) in [4.78, 5) is 36.4. The minimum absolute atomic E-state index is 0.0373. The van der Waals surface area contributed by atoms with Gasteiger partial charge in [-0.15, -0.1) is 11.8 Å². The summed E-state index contributed by atoms with van der Waals surface area (Å²) in [7, 11) is 0. The van der Waals surface area contributed by atoms with E-state index in [0.717, 1.165) is 10.5 Å². The number of carboxylic acids is 1. The smallest absolute Gasteiger partial charge is 0.335 e. The topological polar surface area (TPSA) is 83.5 Å². The number of carbonyl (C=O) groups is 3. The molecule has 1 amide bonds. The Morgan fingerprint density at radius 3 is 2.17 bits per heavy atom. The number of nitrogens with one attached hydrogen (secondary N) is 1. The van der Waals surface area contributed by atoms with E-state index in [-0.39, 0.29) is 17.3 Å². The van der Waals surface area contributed by atoms with Crippen molar-refractivity contribution in [3.8, 4) is 0 Å². The normalized spacial score (nSPS) is 10.3. The largest absolute Gasteiger partial charge is 0.478 e. The van der Waals surface area contributed by atoms with Gasteiger partial charge in [0.05, 0.1) is 11.3 Å². The molecule has 3 rings (SSSR count). The molecule has 3 aromatic carbocycles. The van der Waals surface area contributed by atoms with E-state index in [9.17, 15) is 14.4 Å². The molecule has 0 aliphatic carbocycles. The first-order chi connectivity index (χ1) is 14.0. The molecular formula is C23H19NO4S. The van der Waals surface area contributed by atoms with Gasteiger partial charge in [0.2, 0.25) is 0 Å². The highest BCUT2D eigenvalue weighted by molar-refractivity contribution is 8.00. The molecule has 0 aliphatic heterocycles. The number of rotatable bonds is 8. The Hall–Kier alpha value is -3.38. The average Bonchev–Trinajstić information content (AvgIpc) is 2.77. The maximum atomic E-state index is 12.4. The van der Waals surface area contributed by atoms with Crippen LogP contribution >= 0.6 is 11.8 Å². The maximum Gasteiger partial charge on any atom is 0.335 e. The number of benzene rings is 3. The summed E-state index contributed by atoms with van der Waals surface area (Å²) in [6.07, 6.45) is 0. The molecule has 0 atom stereocenters. The van der Waals surface area contributed by atoms with Crippen molar-refractivity contribution in [1.29, 1.82) is 0 Å². The molecule has 29 heavy (non-hydrogen) atoms. The second-order valence-corrected chi connectivity index (χ2v) is 7.34. The highest BCUT2D eigenvalue weighted by atomic mass is 32.2. The van der Waals surface area contributed by atoms with E-state index in [1.54, 1.807) is 42.5 Å². The molecule has 5 nitrogen and oxygen atoms in total. The van der Waals surface area contributed by atoms with E-state index in [4.69, 9.17) is 5.11 Å². The lowest BCUT2D eigenvalue weighted by Crippen LogP contribution is -2.22. The van der Waals surface area contributed by atoms with Gasteiger partial charge in [-0.05, 0) is 35.9 Å². The van der Waals surface area contributed by atoms with E-state index in [1.807, 2.05) is 24.3 Å². The molecule has 6 heteroatoms. The van der Waals surface area contributed by atoms with Crippen molar-refractivity contribution < 1.29 is 19.5 Å². The minimum atomic E-state index is -0.986. The predicted molar refractivity (Wildman–Crippen MR) is 113 cm³/mol. The molecule has 2 N–H and O–H groups in total. The number of amides is 1. The monoisotopic (exact) mass is 405 g/mol. The summed E-state index contributed by atoms with van der Waals surface area (Å²) >= 11 is 1.39. The summed E-state index contributed by atoms with van der Waals surface area (Å²) in [5.41, 5.74) is 2.18. The average molecular weight is 405 g/mol. The molecule has 146 valence electrons. The highest BCUT2D eigenvalue weighted by Gasteiger charge is 2.09. The Bertz CT molecular complexity index is 1020. The summed E-state index contributed by atoms with van der Waals surface area (Å²) in [5, 5.41) is 11.7. The third kappa shape index (κ3) is 5.80. The first-order valence-electron chi connectivity index (χ1n) is 8.94. The third-order valence-electron chi connectivity index (χ3n) is 4.22. The number of hydrogen-bond donors (Lipinski definition) is 2. The zero-order valence-corrected chi connectivity index (χ0v) is 16.3. The van der Waals surface area contributed by atoms with Crippen molar-refractivity contribution in [2.75, 3.05) is 5.75 Å². The molecule has 0 bridgehead atoms. The highest BCUT2D eigenvalue weighted by Crippen LogP contribution is 2.20. The van der Waals surface area contributed by atoms with Crippen LogP contribution in [0.1, 0.15) is 36.6 Å². The zero-order chi connectivity index (χ0) is 20.6. The fraction of sp³-hybridized carbons (Fsp3) is 0.0870. The molecule has 0 spiro atoms. The number of carbonyl (C=O) groups excluding carboxylic acids is 2. The van der Waals surface area contributed by atoms with Crippen molar-refractivity contribution in [1.82, 2.24) is 5.32 Å². The Labute approximate surface area is 172 Å². The quantitative estimate of drug-likeness (QED) is 0.431. The van der Waals surface area contributed by atoms with Gasteiger partial charge in [0.1, 0.15) is 0 Å². The second kappa shape index (κ2) is 9.71. The number of aromatic carboxylic acids is 1. The van der Waals surface area contributed by atoms with Crippen LogP contribution in [0.25, 0.3) is 0 Å². The van der Waals surface area contributed by atoms with Crippen molar-refractivity contribution in [2.24, 2.45) is 0 Å². The Morgan fingerprint density at radius 1 is 0.793 bits per heavy atom. The van der Waals surface area contributed by atoms with Crippen LogP contribution in [0.2, 0.25) is 0 Å². The van der Waals surface area contributed by atoms with Crippen LogP contribution in [0, 0.1) is 0 Å². The van der Waals surface area contributed by atoms with Gasteiger partial charge in [0.15, 0.2) is 5.78 Å². The van der Waals surface area contributed by atoms with Crippen molar-refractivity contribution in [2.45, 2.75) is 11.4 Å². The van der Waals surface area contributed by atoms with Crippen LogP contribution in [0.5, 0.6) is 0 Å². The van der Waals surface area contributed by atoms with E-state index in [0.29, 0.717) is 23.4 Å². The molecule has 0 saturated heterocycles. The van der Waals surface area contributed by atoms with Gasteiger partial charge < -0.3 is 10.4 Å². The fourth-order valence-electron chi connectivity index (χ4n) is 2.63. The third-order valence-corrected chi connectivity index (χ3v) is 5.21. The number of carboxylic acid groups (broad SMARTS) is 1. The molecule has 3 aromatic rings. The molecule has 0 unspecified atom stereocenters. The molecule has 0 saturated carbocycles. The standard InChI is InChI=1S/C23H19NO4S/c25-21(17-5-2-1-3-6-17)15-29-20-8-4-7-19(13-20)22(26)24-14-16-9-11-18(12-10-16)23(27)28/h1-13H,14-15H2,(H,24,26)(H,27,28). The van der Waals surface area contributed by atoms with Gasteiger partial charge in [0.25, 0.3) is 5.91 Å². The van der Waals surface area contributed by atoms with Crippen LogP contribution in [-0.2, 0) is 6.54 Å². The number of ketones is 1. The minimum Gasteiger partial charge on any atom is -0.478 e. The van der Waals surface area contributed by atoms with Gasteiger partial charge in [-0.2, -0.15) is 0 Å². The first kappa shape index (κ1) is 20.4. The molecule has 0 aliphatic rings. The van der Waals surface area contributed by atoms with Crippen LogP contribution in [-0.4, -0.2) is 28.5 Å². The molecule has 0 fully saturated rings. The molecule has 0 radical (unpaired) electrons. The van der Waals surface area contributed by atoms with Crippen LogP contribution in [0.15, 0.2) is 83.8 Å². The van der Waals surface area contributed by atoms with Crippen molar-refractivity contribution in [3.05, 3.63) is 101 Å². The van der Waals surface area contributed by atoms with Gasteiger partial charge >= 0.3 is 5.97 Å². The van der Waals surface area contributed by atoms with Gasteiger partial charge in [-0.3, -0.25) is 9.59 Å². The SMILES string of the molecule is O=C(O)c1ccc(CNC(=O)c2cccc(SCC(=O)c3ccccc3)c2)cc1. The number of hydrogen-bond acceptors (Lipinski definition) is 4. The molecular weight excluding hydrogens is 386 g/mol. The lowest BCUT2D eigenvalue weighted by Gasteiger charge is -2.08. The van der Waals surface area contributed by atoms with E-state index in [2.05, 4.69) is 5.32 Å². The van der Waals surface area contributed by atoms with E-state index >= 15 is 0 Å². The van der Waals surface area contributed by atoms with Crippen LogP contribution < -0.4 is 5.32 Å². The van der Waals surface area contributed by atoms with E-state index in [1.165, 1.54) is 23.9 Å². The van der Waals surface area contributed by atoms with Gasteiger partial charge in [-0.25, -0.2) is 4.79 Å². The lowest BCUT2D eigenvalue weighted by molar-refractivity contribution is 0.0696. The maximum absolute atomic E-state index is 12.4. The Morgan fingerprint density at radius 2 is 1.48 bits per heavy atom. The zero-order valence-electron chi connectivity index (χ0n) is 15.5. The van der Waals surface area contributed by atoms with Crippen molar-refractivity contribution >= 4 is 29.4 Å². The van der Waals surface area contributed by atoms with Crippen LogP contribution in [0.3, 0.4) is 0 Å². The summed E-state index contributed by atoms with van der Waals surface area (Å²) < 4.78 is 0. The van der Waals surface area contributed by atoms with Crippen molar-refractivity contribution in [3.63, 3.8) is 0 Å². The van der Waals surface area contributed by atoms with Gasteiger partial charge in [-0.1, -0.05) is 48.5 Å². The molecule has 0 heterocycles. The number of Topliss-reactive ketones (excluding diaryl/α,β-unsaturated/α-hetero) is 1. The fourth-order valence-corrected chi connectivity index (χ4v) is 3.48. The second-order valence-electron chi connectivity index (χ2n) is 6.29. The molecule has 0 aromatic heterocycles. The number of thioether (sulfide) groups is 1. The Balaban J connectivity index is 1.56. The summed E-state index contributed by atoms with van der Waals surface area (Å²) in [6.45, 7) is 0.294. The summed E-state index contributed by atoms with van der Waals surface area (Å²) in [6, 6.07) is 22.6. The predicted octanol–water partition coefficient (Wildman–Crippen LogP) is 4.29.